The minimum absolute atomic E-state index is 0.0339. The minimum atomic E-state index is -0.581. The van der Waals surface area contributed by atoms with Crippen molar-refractivity contribution in [2.24, 2.45) is 0 Å². The molecule has 1 heterocycles. The fourth-order valence-corrected chi connectivity index (χ4v) is 2.90. The Morgan fingerprint density at radius 3 is 2.48 bits per heavy atom. The van der Waals surface area contributed by atoms with Crippen molar-refractivity contribution in [1.82, 2.24) is 9.80 Å². The Bertz CT molecular complexity index is 551. The van der Waals surface area contributed by atoms with E-state index < -0.39 is 5.82 Å². The van der Waals surface area contributed by atoms with Gasteiger partial charge in [0.05, 0.1) is 19.8 Å². The molecule has 0 bridgehead atoms. The lowest BCUT2D eigenvalue weighted by Gasteiger charge is -2.22. The van der Waals surface area contributed by atoms with E-state index in [0.29, 0.717) is 18.8 Å². The second-order valence-corrected chi connectivity index (χ2v) is 5.67. The maximum atomic E-state index is 14.3. The van der Waals surface area contributed by atoms with Gasteiger partial charge in [-0.1, -0.05) is 6.92 Å². The average Bonchev–Trinajstić information content (AvgIpc) is 2.80. The van der Waals surface area contributed by atoms with Crippen LogP contribution >= 0.6 is 0 Å². The van der Waals surface area contributed by atoms with Crippen molar-refractivity contribution in [2.75, 3.05) is 46.9 Å². The molecule has 0 atom stereocenters. The number of hydrogen-bond donors (Lipinski definition) is 0. The van der Waals surface area contributed by atoms with Gasteiger partial charge in [-0.15, -0.1) is 0 Å². The number of hydrogen-bond acceptors (Lipinski definition) is 4. The van der Waals surface area contributed by atoms with E-state index in [-0.39, 0.29) is 17.2 Å². The third kappa shape index (κ3) is 4.13. The molecular weight excluding hydrogens is 299 g/mol. The zero-order valence-electron chi connectivity index (χ0n) is 14.1. The Morgan fingerprint density at radius 2 is 1.83 bits per heavy atom. The molecule has 0 unspecified atom stereocenters. The van der Waals surface area contributed by atoms with Crippen molar-refractivity contribution in [3.8, 4) is 11.5 Å². The van der Waals surface area contributed by atoms with Crippen LogP contribution in [-0.2, 0) is 0 Å². The molecule has 1 aromatic rings. The van der Waals surface area contributed by atoms with Gasteiger partial charge in [0.2, 0.25) is 0 Å². The van der Waals surface area contributed by atoms with Crippen molar-refractivity contribution in [3.63, 3.8) is 0 Å². The third-order valence-corrected chi connectivity index (χ3v) is 4.12. The highest BCUT2D eigenvalue weighted by atomic mass is 19.1. The van der Waals surface area contributed by atoms with Gasteiger partial charge < -0.3 is 19.3 Å². The van der Waals surface area contributed by atoms with Crippen molar-refractivity contribution < 1.29 is 18.7 Å². The molecule has 1 aliphatic rings. The van der Waals surface area contributed by atoms with Crippen LogP contribution in [0.4, 0.5) is 4.39 Å². The maximum Gasteiger partial charge on any atom is 0.257 e. The summed E-state index contributed by atoms with van der Waals surface area (Å²) in [5.74, 6) is -0.227. The molecule has 6 heteroatoms. The summed E-state index contributed by atoms with van der Waals surface area (Å²) in [5.41, 5.74) is 0.0339. The monoisotopic (exact) mass is 324 g/mol. The van der Waals surface area contributed by atoms with Gasteiger partial charge >= 0.3 is 0 Å². The molecule has 0 aromatic heterocycles. The second kappa shape index (κ2) is 8.15. The molecule has 0 N–H and O–H groups in total. The predicted octanol–water partition coefficient (Wildman–Crippen LogP) is 2.40. The molecule has 1 amide bonds. The molecule has 0 saturated carbocycles. The van der Waals surface area contributed by atoms with Gasteiger partial charge in [-0.2, -0.15) is 0 Å². The van der Waals surface area contributed by atoms with Crippen LogP contribution in [0.5, 0.6) is 11.5 Å². The number of rotatable bonds is 5. The van der Waals surface area contributed by atoms with Gasteiger partial charge in [0.15, 0.2) is 11.5 Å². The van der Waals surface area contributed by atoms with E-state index >= 15 is 0 Å². The van der Waals surface area contributed by atoms with E-state index in [1.165, 1.54) is 26.4 Å². The van der Waals surface area contributed by atoms with Gasteiger partial charge in [0.1, 0.15) is 5.82 Å². The van der Waals surface area contributed by atoms with Crippen molar-refractivity contribution in [2.45, 2.75) is 19.8 Å². The van der Waals surface area contributed by atoms with Gasteiger partial charge in [-0.3, -0.25) is 4.79 Å². The van der Waals surface area contributed by atoms with E-state index in [1.807, 2.05) is 0 Å². The number of ether oxygens (including phenoxy) is 2. The summed E-state index contributed by atoms with van der Waals surface area (Å²) < 4.78 is 24.5. The topological polar surface area (TPSA) is 42.0 Å². The maximum absolute atomic E-state index is 14.3. The highest BCUT2D eigenvalue weighted by Crippen LogP contribution is 2.30. The zero-order valence-corrected chi connectivity index (χ0v) is 14.1. The molecule has 1 saturated heterocycles. The molecule has 0 spiro atoms. The number of nitrogens with zero attached hydrogens (tertiary/aromatic N) is 2. The van der Waals surface area contributed by atoms with Crippen LogP contribution in [0.3, 0.4) is 0 Å². The Hall–Kier alpha value is -1.82. The van der Waals surface area contributed by atoms with Crippen LogP contribution in [0.1, 0.15) is 30.1 Å². The van der Waals surface area contributed by atoms with E-state index in [2.05, 4.69) is 11.8 Å². The minimum Gasteiger partial charge on any atom is -0.493 e. The second-order valence-electron chi connectivity index (χ2n) is 5.67. The van der Waals surface area contributed by atoms with Crippen LogP contribution in [0.15, 0.2) is 12.1 Å². The fourth-order valence-electron chi connectivity index (χ4n) is 2.90. The smallest absolute Gasteiger partial charge is 0.257 e. The first-order chi connectivity index (χ1) is 11.1. The summed E-state index contributed by atoms with van der Waals surface area (Å²) in [6, 6.07) is 2.62. The molecular formula is C17H25FN2O3. The third-order valence-electron chi connectivity index (χ3n) is 4.12. The number of carbonyl (C=O) groups is 1. The first-order valence-corrected chi connectivity index (χ1v) is 8.03. The average molecular weight is 324 g/mol. The number of halogens is 1. The summed E-state index contributed by atoms with van der Waals surface area (Å²) in [7, 11) is 2.91. The van der Waals surface area contributed by atoms with Crippen LogP contribution in [0, 0.1) is 5.82 Å². The molecule has 1 fully saturated rings. The molecule has 128 valence electrons. The van der Waals surface area contributed by atoms with Crippen molar-refractivity contribution >= 4 is 5.91 Å². The van der Waals surface area contributed by atoms with Crippen molar-refractivity contribution in [3.05, 3.63) is 23.5 Å². The Morgan fingerprint density at radius 1 is 1.13 bits per heavy atom. The van der Waals surface area contributed by atoms with E-state index in [0.717, 1.165) is 32.5 Å². The largest absolute Gasteiger partial charge is 0.493 e. The normalized spacial score (nSPS) is 16.1. The van der Waals surface area contributed by atoms with Gasteiger partial charge in [-0.05, 0) is 32.0 Å². The van der Waals surface area contributed by atoms with Crippen LogP contribution in [-0.4, -0.2) is 62.7 Å². The summed E-state index contributed by atoms with van der Waals surface area (Å²) in [5, 5.41) is 0. The standard InChI is InChI=1S/C17H25FN2O3/c1-4-6-19-7-5-8-20(10-9-19)17(21)13-11-15(22-2)16(23-3)12-14(13)18/h11-12H,4-10H2,1-3H3. The summed E-state index contributed by atoms with van der Waals surface area (Å²) in [6.45, 7) is 6.25. The first-order valence-electron chi connectivity index (χ1n) is 8.03. The van der Waals surface area contributed by atoms with Crippen LogP contribution in [0.25, 0.3) is 0 Å². The number of carbonyl (C=O) groups excluding carboxylic acids is 1. The Balaban J connectivity index is 2.16. The summed E-state index contributed by atoms with van der Waals surface area (Å²) in [4.78, 5) is 16.7. The number of methoxy groups -OCH3 is 2. The highest BCUT2D eigenvalue weighted by Gasteiger charge is 2.24. The SMILES string of the molecule is CCCN1CCCN(C(=O)c2cc(OC)c(OC)cc2F)CC1. The Kier molecular flexibility index (Phi) is 6.21. The lowest BCUT2D eigenvalue weighted by molar-refractivity contribution is 0.0756. The van der Waals surface area contributed by atoms with Crippen LogP contribution in [0.2, 0.25) is 0 Å². The van der Waals surface area contributed by atoms with Gasteiger partial charge in [0, 0.05) is 25.7 Å². The van der Waals surface area contributed by atoms with Gasteiger partial charge in [0.25, 0.3) is 5.91 Å². The van der Waals surface area contributed by atoms with E-state index in [4.69, 9.17) is 9.47 Å². The summed E-state index contributed by atoms with van der Waals surface area (Å²) >= 11 is 0. The zero-order chi connectivity index (χ0) is 16.8. The molecule has 1 aliphatic heterocycles. The lowest BCUT2D eigenvalue weighted by atomic mass is 10.1. The fraction of sp³-hybridized carbons (Fsp3) is 0.588. The van der Waals surface area contributed by atoms with E-state index in [9.17, 15) is 9.18 Å². The predicted molar refractivity (Wildman–Crippen MR) is 86.8 cm³/mol. The molecule has 1 aromatic carbocycles. The highest BCUT2D eigenvalue weighted by molar-refractivity contribution is 5.95. The Labute approximate surface area is 137 Å². The molecule has 5 nitrogen and oxygen atoms in total. The van der Waals surface area contributed by atoms with Gasteiger partial charge in [-0.25, -0.2) is 4.39 Å². The molecule has 0 radical (unpaired) electrons. The first kappa shape index (κ1) is 17.5. The van der Waals surface area contributed by atoms with Crippen molar-refractivity contribution in [1.29, 1.82) is 0 Å². The molecule has 0 aliphatic carbocycles. The molecule has 23 heavy (non-hydrogen) atoms. The number of amides is 1. The quantitative estimate of drug-likeness (QED) is 0.834. The van der Waals surface area contributed by atoms with Crippen LogP contribution < -0.4 is 9.47 Å². The molecule has 2 rings (SSSR count). The lowest BCUT2D eigenvalue weighted by Crippen LogP contribution is -2.35. The van der Waals surface area contributed by atoms with E-state index in [1.54, 1.807) is 4.90 Å². The number of benzene rings is 1. The summed E-state index contributed by atoms with van der Waals surface area (Å²) in [6.07, 6.45) is 2.00.